The van der Waals surface area contributed by atoms with Crippen LogP contribution in [0.4, 0.5) is 4.39 Å². The van der Waals surface area contributed by atoms with Gasteiger partial charge in [-0.1, -0.05) is 29.3 Å². The molecule has 0 radical (unpaired) electrons. The molecule has 0 fully saturated rings. The summed E-state index contributed by atoms with van der Waals surface area (Å²) in [5, 5.41) is 10.0. The topological polar surface area (TPSA) is 56.6 Å². The molecule has 1 N–H and O–H groups in total. The lowest BCUT2D eigenvalue weighted by molar-refractivity contribution is 0.628. The normalized spacial score (nSPS) is 10.4. The number of benzene rings is 2. The van der Waals surface area contributed by atoms with Crippen LogP contribution in [0.1, 0.15) is 5.56 Å². The minimum atomic E-state index is -0.527. The third-order valence-corrected chi connectivity index (χ3v) is 4.27. The van der Waals surface area contributed by atoms with Gasteiger partial charge >= 0.3 is 0 Å². The fraction of sp³-hybridized carbons (Fsp3) is 0. The van der Waals surface area contributed by atoms with Crippen molar-refractivity contribution >= 4 is 23.2 Å². The van der Waals surface area contributed by atoms with Gasteiger partial charge in [-0.25, -0.2) is 4.39 Å². The summed E-state index contributed by atoms with van der Waals surface area (Å²) in [7, 11) is 0. The van der Waals surface area contributed by atoms with Gasteiger partial charge in [0.1, 0.15) is 17.4 Å². The van der Waals surface area contributed by atoms with E-state index in [9.17, 15) is 14.4 Å². The molecule has 0 spiro atoms. The van der Waals surface area contributed by atoms with E-state index in [2.05, 4.69) is 4.98 Å². The van der Waals surface area contributed by atoms with E-state index in [4.69, 9.17) is 23.2 Å². The highest BCUT2D eigenvalue weighted by molar-refractivity contribution is 6.42. The van der Waals surface area contributed by atoms with Crippen molar-refractivity contribution in [3.8, 4) is 28.5 Å². The molecule has 3 rings (SSSR count). The van der Waals surface area contributed by atoms with Crippen molar-refractivity contribution in [2.75, 3.05) is 0 Å². The molecule has 0 aliphatic heterocycles. The first-order valence-corrected chi connectivity index (χ1v) is 7.64. The molecule has 3 nitrogen and oxygen atoms in total. The Bertz CT molecular complexity index is 1020. The Morgan fingerprint density at radius 3 is 2.25 bits per heavy atom. The van der Waals surface area contributed by atoms with Gasteiger partial charge in [-0.05, 0) is 53.6 Å². The number of aromatic amines is 1. The number of nitrogens with one attached hydrogen (secondary N) is 1. The third-order valence-electron chi connectivity index (χ3n) is 3.53. The van der Waals surface area contributed by atoms with Crippen LogP contribution in [0.15, 0.2) is 53.3 Å². The Kier molecular flexibility index (Phi) is 4.39. The minimum absolute atomic E-state index is 0.0285. The molecule has 0 saturated heterocycles. The molecule has 0 aliphatic carbocycles. The highest BCUT2D eigenvalue weighted by atomic mass is 35.5. The van der Waals surface area contributed by atoms with Gasteiger partial charge in [-0.2, -0.15) is 5.26 Å². The standard InChI is InChI=1S/C18H9Cl2FN2O/c19-15-6-3-11(7-16(15)20)13-8-17(23-18(24)14(13)9-22)10-1-4-12(21)5-2-10/h1-8H,(H,23,24). The molecular formula is C18H9Cl2FN2O. The van der Waals surface area contributed by atoms with Crippen LogP contribution in [0.3, 0.4) is 0 Å². The van der Waals surface area contributed by atoms with E-state index in [1.807, 2.05) is 6.07 Å². The molecule has 0 bridgehead atoms. The number of hydrogen-bond acceptors (Lipinski definition) is 2. The van der Waals surface area contributed by atoms with Gasteiger partial charge in [0.25, 0.3) is 5.56 Å². The number of aromatic nitrogens is 1. The molecule has 6 heteroatoms. The molecule has 0 atom stereocenters. The van der Waals surface area contributed by atoms with Crippen molar-refractivity contribution in [3.63, 3.8) is 0 Å². The van der Waals surface area contributed by atoms with Gasteiger partial charge in [0.05, 0.1) is 10.0 Å². The van der Waals surface area contributed by atoms with E-state index in [0.717, 1.165) is 0 Å². The van der Waals surface area contributed by atoms with Gasteiger partial charge in [-0.3, -0.25) is 4.79 Å². The quantitative estimate of drug-likeness (QED) is 0.698. The minimum Gasteiger partial charge on any atom is -0.321 e. The maximum atomic E-state index is 13.1. The Balaban J connectivity index is 2.24. The molecule has 0 saturated carbocycles. The van der Waals surface area contributed by atoms with Crippen LogP contribution in [-0.4, -0.2) is 4.98 Å². The number of nitriles is 1. The van der Waals surface area contributed by atoms with Crippen LogP contribution < -0.4 is 5.56 Å². The van der Waals surface area contributed by atoms with Gasteiger partial charge in [0.15, 0.2) is 0 Å². The molecule has 3 aromatic rings. The zero-order valence-corrected chi connectivity index (χ0v) is 13.6. The summed E-state index contributed by atoms with van der Waals surface area (Å²) < 4.78 is 13.1. The smallest absolute Gasteiger partial charge is 0.266 e. The second kappa shape index (κ2) is 6.48. The number of nitrogens with zero attached hydrogens (tertiary/aromatic N) is 1. The van der Waals surface area contributed by atoms with E-state index >= 15 is 0 Å². The molecule has 0 amide bonds. The average molecular weight is 359 g/mol. The summed E-state index contributed by atoms with van der Waals surface area (Å²) in [4.78, 5) is 14.9. The van der Waals surface area contributed by atoms with E-state index in [1.165, 1.54) is 12.1 Å². The van der Waals surface area contributed by atoms with Crippen LogP contribution in [0.2, 0.25) is 10.0 Å². The monoisotopic (exact) mass is 358 g/mol. The van der Waals surface area contributed by atoms with Crippen molar-refractivity contribution in [2.45, 2.75) is 0 Å². The van der Waals surface area contributed by atoms with Crippen LogP contribution in [-0.2, 0) is 0 Å². The Hall–Kier alpha value is -2.61. The predicted molar refractivity (Wildman–Crippen MR) is 92.6 cm³/mol. The van der Waals surface area contributed by atoms with E-state index in [-0.39, 0.29) is 11.4 Å². The number of hydrogen-bond donors (Lipinski definition) is 1. The van der Waals surface area contributed by atoms with E-state index < -0.39 is 5.56 Å². The first-order chi connectivity index (χ1) is 11.5. The Labute approximate surface area is 146 Å². The van der Waals surface area contributed by atoms with Crippen LogP contribution in [0, 0.1) is 17.1 Å². The Morgan fingerprint density at radius 2 is 1.62 bits per heavy atom. The van der Waals surface area contributed by atoms with Crippen molar-refractivity contribution in [1.29, 1.82) is 5.26 Å². The number of pyridine rings is 1. The molecule has 1 heterocycles. The van der Waals surface area contributed by atoms with Gasteiger partial charge in [-0.15, -0.1) is 0 Å². The fourth-order valence-corrected chi connectivity index (χ4v) is 2.65. The molecule has 0 aliphatic rings. The zero-order valence-electron chi connectivity index (χ0n) is 12.1. The van der Waals surface area contributed by atoms with Crippen molar-refractivity contribution in [2.24, 2.45) is 0 Å². The molecule has 2 aromatic carbocycles. The van der Waals surface area contributed by atoms with Crippen molar-refractivity contribution < 1.29 is 4.39 Å². The van der Waals surface area contributed by atoms with Gasteiger partial charge in [0.2, 0.25) is 0 Å². The maximum absolute atomic E-state index is 13.1. The van der Waals surface area contributed by atoms with Crippen molar-refractivity contribution in [3.05, 3.63) is 80.3 Å². The summed E-state index contributed by atoms with van der Waals surface area (Å²) in [5.74, 6) is -0.376. The lowest BCUT2D eigenvalue weighted by Crippen LogP contribution is -2.12. The summed E-state index contributed by atoms with van der Waals surface area (Å²) in [6.45, 7) is 0. The zero-order chi connectivity index (χ0) is 17.3. The number of H-pyrrole nitrogens is 1. The predicted octanol–water partition coefficient (Wildman–Crippen LogP) is 5.03. The molecular weight excluding hydrogens is 350 g/mol. The van der Waals surface area contributed by atoms with E-state index in [1.54, 1.807) is 36.4 Å². The van der Waals surface area contributed by atoms with Gasteiger partial charge < -0.3 is 4.98 Å². The highest BCUT2D eigenvalue weighted by Gasteiger charge is 2.13. The van der Waals surface area contributed by atoms with Crippen LogP contribution in [0.5, 0.6) is 0 Å². The largest absolute Gasteiger partial charge is 0.321 e. The maximum Gasteiger partial charge on any atom is 0.266 e. The summed E-state index contributed by atoms with van der Waals surface area (Å²) in [5.41, 5.74) is 1.56. The van der Waals surface area contributed by atoms with Crippen LogP contribution >= 0.6 is 23.2 Å². The van der Waals surface area contributed by atoms with E-state index in [0.29, 0.717) is 32.4 Å². The molecule has 24 heavy (non-hydrogen) atoms. The second-order valence-corrected chi connectivity index (χ2v) is 5.86. The van der Waals surface area contributed by atoms with Gasteiger partial charge in [0, 0.05) is 11.3 Å². The van der Waals surface area contributed by atoms with Crippen LogP contribution in [0.25, 0.3) is 22.4 Å². The highest BCUT2D eigenvalue weighted by Crippen LogP contribution is 2.31. The lowest BCUT2D eigenvalue weighted by Gasteiger charge is -2.09. The first-order valence-electron chi connectivity index (χ1n) is 6.88. The first kappa shape index (κ1) is 16.3. The lowest BCUT2D eigenvalue weighted by atomic mass is 9.99. The summed E-state index contributed by atoms with van der Waals surface area (Å²) in [6, 6.07) is 14.1. The third kappa shape index (κ3) is 3.05. The molecule has 1 aromatic heterocycles. The Morgan fingerprint density at radius 1 is 0.958 bits per heavy atom. The molecule has 0 unspecified atom stereocenters. The fourth-order valence-electron chi connectivity index (χ4n) is 2.35. The number of rotatable bonds is 2. The summed E-state index contributed by atoms with van der Waals surface area (Å²) in [6.07, 6.45) is 0. The summed E-state index contributed by atoms with van der Waals surface area (Å²) >= 11 is 11.9. The second-order valence-electron chi connectivity index (χ2n) is 5.05. The average Bonchev–Trinajstić information content (AvgIpc) is 2.57. The SMILES string of the molecule is N#Cc1c(-c2ccc(Cl)c(Cl)c2)cc(-c2ccc(F)cc2)[nH]c1=O. The number of halogens is 3. The van der Waals surface area contributed by atoms with Crippen molar-refractivity contribution in [1.82, 2.24) is 4.98 Å². The molecule has 118 valence electrons.